The highest BCUT2D eigenvalue weighted by molar-refractivity contribution is 7.95. The van der Waals surface area contributed by atoms with Gasteiger partial charge in [0.1, 0.15) is 0 Å². The number of hydrogen-bond donors (Lipinski definition) is 0. The number of ether oxygens (including phenoxy) is 1. The fraction of sp³-hybridized carbons (Fsp3) is 0.444. The molecule has 0 aromatic heterocycles. The summed E-state index contributed by atoms with van der Waals surface area (Å²) in [6.45, 7) is 4.47. The van der Waals surface area contributed by atoms with Gasteiger partial charge in [0.2, 0.25) is 9.84 Å². The molecule has 0 spiro atoms. The Hall–Kier alpha value is -2.40. The molecule has 4 bridgehead atoms. The predicted molar refractivity (Wildman–Crippen MR) is 124 cm³/mol. The van der Waals surface area contributed by atoms with Gasteiger partial charge in [0.25, 0.3) is 0 Å². The first-order chi connectivity index (χ1) is 15.3. The van der Waals surface area contributed by atoms with Crippen molar-refractivity contribution >= 4 is 15.8 Å². The van der Waals surface area contributed by atoms with Crippen LogP contribution >= 0.6 is 0 Å². The summed E-state index contributed by atoms with van der Waals surface area (Å²) >= 11 is 0. The van der Waals surface area contributed by atoms with Crippen LogP contribution < -0.4 is 0 Å². The van der Waals surface area contributed by atoms with Crippen molar-refractivity contribution in [3.05, 3.63) is 77.7 Å². The fourth-order valence-corrected chi connectivity index (χ4v) is 8.53. The zero-order chi connectivity index (χ0) is 22.4. The van der Waals surface area contributed by atoms with Crippen molar-refractivity contribution in [1.82, 2.24) is 0 Å². The number of carbonyl (C=O) groups excluding carboxylic acids is 1. The van der Waals surface area contributed by atoms with Crippen LogP contribution in [0.3, 0.4) is 0 Å². The van der Waals surface area contributed by atoms with Crippen LogP contribution in [-0.2, 0) is 14.6 Å². The molecular weight excluding hydrogens is 420 g/mol. The molecule has 0 saturated heterocycles. The predicted octanol–water partition coefficient (Wildman–Crippen LogP) is 5.81. The van der Waals surface area contributed by atoms with Crippen molar-refractivity contribution in [2.75, 3.05) is 6.61 Å². The van der Waals surface area contributed by atoms with Crippen LogP contribution in [0.15, 0.2) is 77.0 Å². The zero-order valence-corrected chi connectivity index (χ0v) is 19.1. The Balaban J connectivity index is 1.33. The maximum Gasteiger partial charge on any atom is 0.338 e. The molecule has 5 heteroatoms. The van der Waals surface area contributed by atoms with Gasteiger partial charge in [-0.15, -0.1) is 0 Å². The molecule has 6 rings (SSSR count). The SMILES string of the molecule is C=C(CC12C[C@@H]3C[C@@H](CC(COC(=O)c4ccccc4)(C3)C1)C2)S(=O)(=O)c1ccccc1. The van der Waals surface area contributed by atoms with E-state index >= 15 is 0 Å². The number of allylic oxidation sites excluding steroid dienone is 1. The lowest BCUT2D eigenvalue weighted by Gasteiger charge is -2.62. The molecule has 2 unspecified atom stereocenters. The number of hydrogen-bond acceptors (Lipinski definition) is 4. The van der Waals surface area contributed by atoms with E-state index in [9.17, 15) is 13.2 Å². The lowest BCUT2D eigenvalue weighted by Crippen LogP contribution is -2.54. The van der Waals surface area contributed by atoms with E-state index in [1.807, 2.05) is 24.3 Å². The van der Waals surface area contributed by atoms with E-state index in [1.54, 1.807) is 36.4 Å². The molecule has 4 nitrogen and oxygen atoms in total. The molecule has 4 aliphatic carbocycles. The number of esters is 1. The summed E-state index contributed by atoms with van der Waals surface area (Å²) in [4.78, 5) is 13.2. The molecule has 0 heterocycles. The molecule has 2 aromatic carbocycles. The molecule has 4 saturated carbocycles. The van der Waals surface area contributed by atoms with E-state index in [2.05, 4.69) is 6.58 Å². The smallest absolute Gasteiger partial charge is 0.338 e. The third kappa shape index (κ3) is 3.92. The molecule has 4 fully saturated rings. The second-order valence-corrected chi connectivity index (χ2v) is 12.5. The van der Waals surface area contributed by atoms with Gasteiger partial charge < -0.3 is 4.74 Å². The van der Waals surface area contributed by atoms with Gasteiger partial charge in [0, 0.05) is 10.3 Å². The summed E-state index contributed by atoms with van der Waals surface area (Å²) in [5.41, 5.74) is 0.488. The Labute approximate surface area is 190 Å². The summed E-state index contributed by atoms with van der Waals surface area (Å²) in [7, 11) is -3.54. The molecule has 4 atom stereocenters. The molecule has 4 aliphatic rings. The Morgan fingerprint density at radius 1 is 0.906 bits per heavy atom. The van der Waals surface area contributed by atoms with Crippen LogP contribution in [0.1, 0.15) is 55.3 Å². The third-order valence-corrected chi connectivity index (χ3v) is 9.63. The Morgan fingerprint density at radius 2 is 1.47 bits per heavy atom. The molecule has 0 amide bonds. The van der Waals surface area contributed by atoms with E-state index in [4.69, 9.17) is 4.74 Å². The van der Waals surface area contributed by atoms with Crippen molar-refractivity contribution in [2.24, 2.45) is 22.7 Å². The van der Waals surface area contributed by atoms with Gasteiger partial charge in [-0.1, -0.05) is 43.0 Å². The van der Waals surface area contributed by atoms with E-state index < -0.39 is 9.84 Å². The average Bonchev–Trinajstić information content (AvgIpc) is 2.77. The maximum atomic E-state index is 13.1. The molecule has 0 aliphatic heterocycles. The van der Waals surface area contributed by atoms with Gasteiger partial charge in [-0.05, 0) is 86.5 Å². The standard InChI is InChI=1S/C27H30O4S/c1-20(32(29,30)24-10-6-3-7-11-24)13-26-14-21-12-22(15-26)17-27(16-21,18-26)19-31-25(28)23-8-4-2-5-9-23/h2-11,21-22H,1,12-19H2/t21-,22+,26?,27?. The molecule has 168 valence electrons. The van der Waals surface area contributed by atoms with Gasteiger partial charge in [-0.2, -0.15) is 0 Å². The second-order valence-electron chi connectivity index (χ2n) is 10.4. The largest absolute Gasteiger partial charge is 0.462 e. The lowest BCUT2D eigenvalue weighted by atomic mass is 9.43. The van der Waals surface area contributed by atoms with Gasteiger partial charge in [0.15, 0.2) is 0 Å². The van der Waals surface area contributed by atoms with E-state index in [1.165, 1.54) is 6.42 Å². The van der Waals surface area contributed by atoms with Crippen LogP contribution in [0.5, 0.6) is 0 Å². The van der Waals surface area contributed by atoms with Crippen LogP contribution in [0.2, 0.25) is 0 Å². The zero-order valence-electron chi connectivity index (χ0n) is 18.3. The summed E-state index contributed by atoms with van der Waals surface area (Å²) in [5, 5.41) is 0. The minimum absolute atomic E-state index is 0.0364. The Morgan fingerprint density at radius 3 is 2.09 bits per heavy atom. The highest BCUT2D eigenvalue weighted by Gasteiger charge is 2.58. The normalized spacial score (nSPS) is 30.8. The van der Waals surface area contributed by atoms with Crippen molar-refractivity contribution in [1.29, 1.82) is 0 Å². The maximum absolute atomic E-state index is 13.1. The Kier molecular flexibility index (Phi) is 5.28. The molecule has 32 heavy (non-hydrogen) atoms. The Bertz CT molecular complexity index is 1110. The summed E-state index contributed by atoms with van der Waals surface area (Å²) in [6, 6.07) is 17.7. The fourth-order valence-electron chi connectivity index (χ4n) is 7.18. The number of carbonyl (C=O) groups is 1. The van der Waals surface area contributed by atoms with Crippen LogP contribution in [0, 0.1) is 22.7 Å². The summed E-state index contributed by atoms with van der Waals surface area (Å²) in [5.74, 6) is 0.893. The lowest BCUT2D eigenvalue weighted by molar-refractivity contribution is -0.130. The summed E-state index contributed by atoms with van der Waals surface area (Å²) < 4.78 is 32.1. The number of sulfone groups is 1. The molecule has 2 aromatic rings. The minimum Gasteiger partial charge on any atom is -0.462 e. The first-order valence-electron chi connectivity index (χ1n) is 11.5. The van der Waals surface area contributed by atoms with E-state index in [-0.39, 0.29) is 16.8 Å². The minimum atomic E-state index is -3.54. The highest BCUT2D eigenvalue weighted by Crippen LogP contribution is 2.67. The quantitative estimate of drug-likeness (QED) is 0.500. The topological polar surface area (TPSA) is 60.4 Å². The van der Waals surface area contributed by atoms with Crippen molar-refractivity contribution < 1.29 is 17.9 Å². The van der Waals surface area contributed by atoms with Gasteiger partial charge in [-0.25, -0.2) is 13.2 Å². The van der Waals surface area contributed by atoms with E-state index in [0.29, 0.717) is 40.2 Å². The summed E-state index contributed by atoms with van der Waals surface area (Å²) in [6.07, 6.45) is 6.90. The monoisotopic (exact) mass is 450 g/mol. The van der Waals surface area contributed by atoms with Gasteiger partial charge in [-0.3, -0.25) is 0 Å². The first kappa shape index (κ1) is 21.4. The molecule has 0 N–H and O–H groups in total. The van der Waals surface area contributed by atoms with Crippen LogP contribution in [-0.4, -0.2) is 21.0 Å². The number of benzene rings is 2. The highest BCUT2D eigenvalue weighted by atomic mass is 32.2. The van der Waals surface area contributed by atoms with Crippen molar-refractivity contribution in [3.63, 3.8) is 0 Å². The van der Waals surface area contributed by atoms with Crippen LogP contribution in [0.4, 0.5) is 0 Å². The second kappa shape index (κ2) is 7.87. The van der Waals surface area contributed by atoms with Crippen molar-refractivity contribution in [3.8, 4) is 0 Å². The van der Waals surface area contributed by atoms with Gasteiger partial charge in [0.05, 0.1) is 17.1 Å². The average molecular weight is 451 g/mol. The van der Waals surface area contributed by atoms with Gasteiger partial charge >= 0.3 is 5.97 Å². The first-order valence-corrected chi connectivity index (χ1v) is 13.0. The third-order valence-electron chi connectivity index (χ3n) is 7.83. The van der Waals surface area contributed by atoms with Crippen LogP contribution in [0.25, 0.3) is 0 Å². The van der Waals surface area contributed by atoms with E-state index in [0.717, 1.165) is 32.1 Å². The number of rotatable bonds is 7. The molecule has 0 radical (unpaired) electrons. The van der Waals surface area contributed by atoms with Crippen molar-refractivity contribution in [2.45, 2.75) is 49.8 Å². The molecular formula is C27H30O4S.